The van der Waals surface area contributed by atoms with Crippen molar-refractivity contribution in [1.29, 1.82) is 0 Å². The van der Waals surface area contributed by atoms with Gasteiger partial charge in [-0.1, -0.05) is 103 Å². The number of carbonyl (C=O) groups is 9. The van der Waals surface area contributed by atoms with Gasteiger partial charge in [-0.2, -0.15) is 0 Å². The molecule has 9 aromatic rings. The topological polar surface area (TPSA) is 411 Å². The number of nitrogens with zero attached hydrogens (tertiary/aromatic N) is 7. The number of methoxy groups -OCH3 is 1. The van der Waals surface area contributed by atoms with E-state index in [1.165, 1.54) is 16.6 Å². The number of likely N-dealkylation sites (N-methyl/N-ethyl adjacent to an activating group) is 4. The number of carbonyl (C=O) groups excluding carboxylic acids is 8. The molecule has 6 amide bonds. The highest BCUT2D eigenvalue weighted by Gasteiger charge is 2.27. The smallest absolute Gasteiger partial charge is 0.537 e. The Kier molecular flexibility index (Phi) is 34.1. The zero-order chi connectivity index (χ0) is 81.6. The van der Waals surface area contributed by atoms with E-state index in [0.29, 0.717) is 64.6 Å². The minimum Gasteiger partial charge on any atom is -0.537 e. The monoisotopic (exact) mass is 1610 g/mol. The Morgan fingerprint density at radius 3 is 1.50 bits per heavy atom. The van der Waals surface area contributed by atoms with Gasteiger partial charge in [0.1, 0.15) is 24.3 Å². The molecule has 8 aromatic carbocycles. The number of carboxylic acid groups (broad SMARTS) is 1. The number of para-hydroxylation sites is 5. The van der Waals surface area contributed by atoms with Gasteiger partial charge in [-0.3, -0.25) is 63.2 Å². The highest BCUT2D eigenvalue weighted by molar-refractivity contribution is 8.24. The molecule has 0 bridgehead atoms. The Bertz CT molecular complexity index is 5060. The number of hydrogen-bond donors (Lipinski definition) is 7. The molecule has 1 atom stereocenters. The summed E-state index contributed by atoms with van der Waals surface area (Å²) in [6.07, 6.45) is 0. The Labute approximate surface area is 655 Å². The average Bonchev–Trinajstić information content (AvgIpc) is 1.38. The molecule has 1 radical (unpaired) electrons. The number of benzodiazepines with no additional fused rings is 2. The molecular weight excluding hydrogens is 1540 g/mol. The molecule has 1 aromatic heterocycles. The molecule has 8 N–H and O–H groups in total. The maximum absolute atomic E-state index is 12.1. The van der Waals surface area contributed by atoms with Crippen LogP contribution >= 0.6 is 50.5 Å². The van der Waals surface area contributed by atoms with Gasteiger partial charge < -0.3 is 59.3 Å². The molecule has 36 heteroatoms. The summed E-state index contributed by atoms with van der Waals surface area (Å²) in [5.74, 6) is -2.88. The molecule has 5 heterocycles. The number of aliphatic carboxylic acids is 1. The number of alkyl halides is 1. The lowest BCUT2D eigenvalue weighted by Gasteiger charge is -2.17. The number of rotatable bonds is 9. The third-order valence-electron chi connectivity index (χ3n) is 16.0. The molecule has 0 fully saturated rings. The zero-order valence-electron chi connectivity index (χ0n) is 60.4. The summed E-state index contributed by atoms with van der Waals surface area (Å²) in [5, 5.41) is 27.3. The summed E-state index contributed by atoms with van der Waals surface area (Å²) < 4.78 is 29.4. The van der Waals surface area contributed by atoms with Crippen molar-refractivity contribution in [3.63, 3.8) is 0 Å². The number of hydrogen-bond acceptors (Lipinski definition) is 22. The van der Waals surface area contributed by atoms with Crippen LogP contribution in [-0.2, 0) is 45.1 Å². The number of benzene rings is 8. The van der Waals surface area contributed by atoms with E-state index in [1.807, 2.05) is 84.9 Å². The van der Waals surface area contributed by atoms with Crippen molar-refractivity contribution in [2.45, 2.75) is 12.4 Å². The van der Waals surface area contributed by atoms with E-state index < -0.39 is 34.4 Å². The molecule has 4 aliphatic rings. The number of halogens is 4. The highest BCUT2D eigenvalue weighted by Crippen LogP contribution is 2.61. The number of ether oxygens (including phenoxy) is 2. The molecule has 13 rings (SSSR count). The highest BCUT2D eigenvalue weighted by atomic mass is 36.0. The van der Waals surface area contributed by atoms with E-state index in [0.717, 1.165) is 50.6 Å². The van der Waals surface area contributed by atoms with Gasteiger partial charge in [0, 0.05) is 74.3 Å². The standard InChI is InChI=1S/C19H18N2O3.C17H15N3O3.C10H11ClN2O.C10H10N2O2.C9H7NO3.C8H8BO4.C2H5NO2.Cl3OP/c1-3-24-19(23)14-10-8-13(9-11-14)18-15-6-4-5-7-16(15)21(2)17(22)12-20-18;1-20-14-5-3-2-4-13(14)16(18-10-15(20)21)11-6-8-12(9-7-11)17(22)19-23;1-13-8-5-3-2-4-7(8)10(11)12-6-9(13)14;1-12-8-5-3-2-4-7(8)10(14)11-6-9(12)13;1-10-7-5-3-2-4-6(7)8(11)13-9(10)12;1-12-8(10)6-2-4-7(5-3-6)13-9-11;3-1-2(4)5;1-5(2,3)4/h4-11H,3,12H2,1-2H3;2-9,23H,10H2,1H3,(H,19,22);2-5,10,12H,6H2,1H3;2-5H,6H2,1H3,(H,11,14);2-5H,1H3;2-5,11H,1H3;1,3H2,(H,4,5);. The van der Waals surface area contributed by atoms with Crippen LogP contribution in [0, 0.1) is 0 Å². The number of amides is 6. The van der Waals surface area contributed by atoms with Crippen LogP contribution in [0.3, 0.4) is 0 Å². The second-order valence-corrected chi connectivity index (χ2v) is 30.0. The number of aryl methyl sites for hydroxylation is 1. The van der Waals surface area contributed by atoms with Crippen LogP contribution in [0.4, 0.5) is 22.7 Å². The normalized spacial score (nSPS) is 13.8. The lowest BCUT2D eigenvalue weighted by molar-refractivity contribution is -0.135. The second kappa shape index (κ2) is 42.9. The van der Waals surface area contributed by atoms with Crippen LogP contribution in [0.1, 0.15) is 81.7 Å². The molecule has 0 saturated carbocycles. The molecule has 0 saturated heterocycles. The summed E-state index contributed by atoms with van der Waals surface area (Å²) >= 11 is 19.9. The Morgan fingerprint density at radius 1 is 0.595 bits per heavy atom. The van der Waals surface area contributed by atoms with Gasteiger partial charge >= 0.3 is 42.2 Å². The van der Waals surface area contributed by atoms with Gasteiger partial charge in [-0.25, -0.2) is 24.7 Å². The van der Waals surface area contributed by atoms with Crippen molar-refractivity contribution in [1.82, 2.24) is 20.7 Å². The number of fused-ring (bicyclic) bond motifs is 5. The minimum atomic E-state index is -3.22. The lowest BCUT2D eigenvalue weighted by Crippen LogP contribution is -2.33. The van der Waals surface area contributed by atoms with Crippen LogP contribution < -0.4 is 57.5 Å². The first-order chi connectivity index (χ1) is 52.9. The Hall–Kier alpha value is -11.6. The fourth-order valence-corrected chi connectivity index (χ4v) is 10.6. The van der Waals surface area contributed by atoms with Crippen molar-refractivity contribution in [3.05, 3.63) is 265 Å². The fourth-order valence-electron chi connectivity index (χ4n) is 10.3. The van der Waals surface area contributed by atoms with Crippen LogP contribution in [-0.4, -0.2) is 167 Å². The zero-order valence-corrected chi connectivity index (χ0v) is 64.3. The number of esters is 2. The number of nitrogens with one attached hydrogen (secondary N) is 3. The quantitative estimate of drug-likeness (QED) is 0.0135. The van der Waals surface area contributed by atoms with E-state index in [9.17, 15) is 57.3 Å². The number of aromatic nitrogens is 1. The minimum absolute atomic E-state index is 0.0283. The molecule has 0 spiro atoms. The average molecular weight is 1620 g/mol. The largest absolute Gasteiger partial charge is 0.569 e. The summed E-state index contributed by atoms with van der Waals surface area (Å²) in [6.45, 7) is 2.34. The number of nitrogens with two attached hydrogens (primary N) is 1. The first-order valence-corrected chi connectivity index (χ1v) is 37.7. The third-order valence-corrected chi connectivity index (χ3v) is 16.4. The molecule has 0 aliphatic carbocycles. The molecule has 1 unspecified atom stereocenters. The molecular formula is C75H74BCl4N11O19P. The van der Waals surface area contributed by atoms with Gasteiger partial charge in [-0.15, -0.1) is 11.6 Å². The fraction of sp³-hybridized carbons (Fsp3) is 0.187. The van der Waals surface area contributed by atoms with Crippen molar-refractivity contribution < 1.29 is 81.6 Å². The number of aliphatic imine (C=N–C) groups is 2. The van der Waals surface area contributed by atoms with E-state index >= 15 is 0 Å². The van der Waals surface area contributed by atoms with Gasteiger partial charge in [0.25, 0.3) is 11.8 Å². The van der Waals surface area contributed by atoms with Gasteiger partial charge in [0.2, 0.25) is 23.6 Å². The number of anilines is 4. The first kappa shape index (κ1) is 88.3. The Balaban J connectivity index is 0.000000206. The third kappa shape index (κ3) is 25.5. The number of hydroxylamine groups is 1. The van der Waals surface area contributed by atoms with Crippen molar-refractivity contribution in [2.75, 3.05) is 94.2 Å². The van der Waals surface area contributed by atoms with Crippen LogP contribution in [0.25, 0.3) is 10.9 Å². The lowest BCUT2D eigenvalue weighted by atomic mass is 9.99. The van der Waals surface area contributed by atoms with E-state index in [2.05, 4.69) is 73.9 Å². The number of carboxylic acids is 1. The second-order valence-electron chi connectivity index (χ2n) is 23.0. The van der Waals surface area contributed by atoms with Crippen molar-refractivity contribution in [2.24, 2.45) is 22.8 Å². The van der Waals surface area contributed by atoms with Crippen LogP contribution in [0.15, 0.2) is 218 Å². The predicted molar refractivity (Wildman–Crippen MR) is 423 cm³/mol. The van der Waals surface area contributed by atoms with Gasteiger partial charge in [0.05, 0.1) is 89.4 Å². The van der Waals surface area contributed by atoms with Crippen molar-refractivity contribution in [3.8, 4) is 5.75 Å². The van der Waals surface area contributed by atoms with E-state index in [-0.39, 0.29) is 73.7 Å². The van der Waals surface area contributed by atoms with Crippen LogP contribution in [0.5, 0.6) is 5.75 Å². The van der Waals surface area contributed by atoms with Crippen LogP contribution in [0.2, 0.25) is 0 Å². The van der Waals surface area contributed by atoms with E-state index in [4.69, 9.17) is 31.7 Å². The maximum Gasteiger partial charge on any atom is 0.569 e. The predicted octanol–water partition coefficient (Wildman–Crippen LogP) is 8.89. The maximum atomic E-state index is 12.1. The molecule has 111 heavy (non-hydrogen) atoms. The molecule has 579 valence electrons. The summed E-state index contributed by atoms with van der Waals surface area (Å²) in [5.41, 5.74) is 16.7. The molecule has 4 aliphatic heterocycles. The molecule has 30 nitrogen and oxygen atoms in total. The van der Waals surface area contributed by atoms with Gasteiger partial charge in [-0.05, 0) is 132 Å². The first-order valence-electron chi connectivity index (χ1n) is 32.9. The van der Waals surface area contributed by atoms with Gasteiger partial charge in [0.15, 0.2) is 0 Å². The van der Waals surface area contributed by atoms with Crippen molar-refractivity contribution >= 4 is 157 Å². The summed E-state index contributed by atoms with van der Waals surface area (Å²) in [6, 6.07) is 56.7. The Morgan fingerprint density at radius 2 is 1.01 bits per heavy atom. The summed E-state index contributed by atoms with van der Waals surface area (Å²) in [7, 11) is 10.4. The SMILES string of the molecule is CCOC(=O)c1ccc(C2=NCC(=O)N(C)c3ccccc32)cc1.CN1C(=O)CN=C(c2ccc(C(=O)NO)cc2)c2ccccc21.CN1C(=O)CNC(=O)c2ccccc21.CN1C(=O)CNC(Cl)c2ccccc21.COC(=O)c1ccc(O[B]O)cc1.Cn1c(=O)oc(=O)c2ccccc21.NCC(=O)O.O=P(Cl)(Cl)Cl. The summed E-state index contributed by atoms with van der Waals surface area (Å²) in [4.78, 5) is 140. The van der Waals surface area contributed by atoms with E-state index in [1.54, 1.807) is 172 Å².